The molecule has 0 unspecified atom stereocenters. The summed E-state index contributed by atoms with van der Waals surface area (Å²) < 4.78 is 24.2. The molecule has 0 N–H and O–H groups in total. The Hall–Kier alpha value is -1.62. The maximum absolute atomic E-state index is 6.10. The summed E-state index contributed by atoms with van der Waals surface area (Å²) in [6.07, 6.45) is 1.95. The Morgan fingerprint density at radius 2 is 1.54 bits per heavy atom. The summed E-state index contributed by atoms with van der Waals surface area (Å²) in [7, 11) is 0. The van der Waals surface area contributed by atoms with Gasteiger partial charge in [-0.25, -0.2) is 0 Å². The third kappa shape index (κ3) is 3.00. The highest BCUT2D eigenvalue weighted by Crippen LogP contribution is 2.46. The van der Waals surface area contributed by atoms with Crippen molar-refractivity contribution < 1.29 is 18.9 Å². The Balaban J connectivity index is 1.61. The van der Waals surface area contributed by atoms with E-state index in [2.05, 4.69) is 52.0 Å². The molecule has 26 heavy (non-hydrogen) atoms. The van der Waals surface area contributed by atoms with Crippen molar-refractivity contribution in [1.29, 1.82) is 0 Å². The minimum atomic E-state index is -1.05. The summed E-state index contributed by atoms with van der Waals surface area (Å²) >= 11 is 0. The van der Waals surface area contributed by atoms with Gasteiger partial charge in [-0.15, -0.1) is 0 Å². The summed E-state index contributed by atoms with van der Waals surface area (Å²) in [5, 5.41) is 2.25. The van der Waals surface area contributed by atoms with E-state index in [-0.39, 0.29) is 11.0 Å². The first-order valence-corrected chi connectivity index (χ1v) is 9.54. The molecule has 0 amide bonds. The van der Waals surface area contributed by atoms with Crippen molar-refractivity contribution >= 4 is 10.8 Å². The van der Waals surface area contributed by atoms with Gasteiger partial charge in [-0.2, -0.15) is 0 Å². The Kier molecular flexibility index (Phi) is 4.25. The molecule has 5 rings (SSSR count). The molecule has 4 heteroatoms. The molecule has 3 saturated heterocycles. The normalized spacial score (nSPS) is 28.5. The van der Waals surface area contributed by atoms with E-state index in [0.29, 0.717) is 19.8 Å². The summed E-state index contributed by atoms with van der Waals surface area (Å²) in [6.45, 7) is 10.5. The first-order chi connectivity index (χ1) is 12.4. The van der Waals surface area contributed by atoms with E-state index < -0.39 is 5.97 Å². The van der Waals surface area contributed by atoms with E-state index in [0.717, 1.165) is 34.9 Å². The van der Waals surface area contributed by atoms with Crippen molar-refractivity contribution in [3.63, 3.8) is 0 Å². The highest BCUT2D eigenvalue weighted by Gasteiger charge is 2.52. The lowest BCUT2D eigenvalue weighted by atomic mass is 9.85. The monoisotopic (exact) mass is 356 g/mol. The zero-order valence-corrected chi connectivity index (χ0v) is 16.1. The van der Waals surface area contributed by atoms with Crippen LogP contribution in [0.25, 0.3) is 10.8 Å². The van der Waals surface area contributed by atoms with Crippen LogP contribution in [0.5, 0.6) is 5.75 Å². The van der Waals surface area contributed by atoms with E-state index in [1.807, 2.05) is 12.1 Å². The number of fused-ring (bicyclic) bond motifs is 4. The van der Waals surface area contributed by atoms with Crippen molar-refractivity contribution in [2.75, 3.05) is 19.8 Å². The molecule has 3 heterocycles. The Morgan fingerprint density at radius 3 is 2.15 bits per heavy atom. The molecule has 2 aromatic carbocycles. The first kappa shape index (κ1) is 17.8. The van der Waals surface area contributed by atoms with E-state index in [1.54, 1.807) is 0 Å². The fourth-order valence-corrected chi connectivity index (χ4v) is 3.42. The zero-order valence-electron chi connectivity index (χ0n) is 16.1. The largest absolute Gasteiger partial charge is 0.488 e. The highest BCUT2D eigenvalue weighted by atomic mass is 16.9. The second kappa shape index (κ2) is 6.22. The molecule has 3 fully saturated rings. The fraction of sp³-hybridized carbons (Fsp3) is 0.545. The number of ether oxygens (including phenoxy) is 4. The van der Waals surface area contributed by atoms with Gasteiger partial charge in [0.1, 0.15) is 11.4 Å². The van der Waals surface area contributed by atoms with Gasteiger partial charge in [0.2, 0.25) is 0 Å². The Morgan fingerprint density at radius 1 is 0.923 bits per heavy atom. The number of rotatable bonds is 5. The van der Waals surface area contributed by atoms with Gasteiger partial charge in [0.05, 0.1) is 19.8 Å². The molecular weight excluding hydrogens is 328 g/mol. The minimum Gasteiger partial charge on any atom is -0.488 e. The van der Waals surface area contributed by atoms with E-state index in [4.69, 9.17) is 18.9 Å². The maximum atomic E-state index is 6.10. The van der Waals surface area contributed by atoms with Gasteiger partial charge in [0.15, 0.2) is 0 Å². The van der Waals surface area contributed by atoms with Crippen molar-refractivity contribution in [3.8, 4) is 5.75 Å². The van der Waals surface area contributed by atoms with Crippen LogP contribution in [0.4, 0.5) is 0 Å². The van der Waals surface area contributed by atoms with Crippen LogP contribution < -0.4 is 4.74 Å². The molecule has 0 aromatic heterocycles. The molecular formula is C22H28O4. The second-order valence-electron chi connectivity index (χ2n) is 8.21. The fourth-order valence-electron chi connectivity index (χ4n) is 3.42. The molecule has 0 spiro atoms. The van der Waals surface area contributed by atoms with Crippen LogP contribution in [0.3, 0.4) is 0 Å². The van der Waals surface area contributed by atoms with Crippen molar-refractivity contribution in [1.82, 2.24) is 0 Å². The predicted octanol–water partition coefficient (Wildman–Crippen LogP) is 4.99. The average molecular weight is 356 g/mol. The lowest BCUT2D eigenvalue weighted by Gasteiger charge is -2.51. The Labute approximate surface area is 155 Å². The minimum absolute atomic E-state index is 0.0108. The van der Waals surface area contributed by atoms with Gasteiger partial charge in [0, 0.05) is 11.0 Å². The van der Waals surface area contributed by atoms with Gasteiger partial charge in [-0.05, 0) is 55.7 Å². The van der Waals surface area contributed by atoms with Gasteiger partial charge < -0.3 is 18.9 Å². The van der Waals surface area contributed by atoms with Crippen LogP contribution in [0.1, 0.15) is 46.1 Å². The number of hydrogen-bond acceptors (Lipinski definition) is 4. The molecule has 2 aromatic rings. The van der Waals surface area contributed by atoms with Crippen LogP contribution in [-0.2, 0) is 20.2 Å². The maximum Gasteiger partial charge on any atom is 0.312 e. The molecule has 0 saturated carbocycles. The van der Waals surface area contributed by atoms with Crippen LogP contribution in [-0.4, -0.2) is 25.4 Å². The summed E-state index contributed by atoms with van der Waals surface area (Å²) in [6, 6.07) is 12.4. The molecule has 4 nitrogen and oxygen atoms in total. The standard InChI is InChI=1S/C22H28O4/c1-5-20(3,4)26-19-10-8-16-11-18(9-7-17(16)12-19)22-23-13-21(6-2,14-24-22)15-25-22/h7-12H,5-6,13-15H2,1-4H3. The van der Waals surface area contributed by atoms with Crippen LogP contribution in [0.15, 0.2) is 36.4 Å². The topological polar surface area (TPSA) is 36.9 Å². The third-order valence-corrected chi connectivity index (χ3v) is 5.87. The van der Waals surface area contributed by atoms with E-state index in [9.17, 15) is 0 Å². The molecule has 3 aliphatic heterocycles. The molecule has 0 radical (unpaired) electrons. The van der Waals surface area contributed by atoms with Crippen molar-refractivity contribution in [2.24, 2.45) is 5.41 Å². The van der Waals surface area contributed by atoms with Gasteiger partial charge in [-0.1, -0.05) is 32.0 Å². The van der Waals surface area contributed by atoms with Crippen LogP contribution >= 0.6 is 0 Å². The average Bonchev–Trinajstić information content (AvgIpc) is 2.68. The molecule has 3 aliphatic rings. The molecule has 140 valence electrons. The van der Waals surface area contributed by atoms with Gasteiger partial charge >= 0.3 is 5.97 Å². The quantitative estimate of drug-likeness (QED) is 0.756. The zero-order chi connectivity index (χ0) is 18.4. The first-order valence-electron chi connectivity index (χ1n) is 9.54. The van der Waals surface area contributed by atoms with Gasteiger partial charge in [-0.3, -0.25) is 0 Å². The predicted molar refractivity (Wildman–Crippen MR) is 101 cm³/mol. The third-order valence-electron chi connectivity index (χ3n) is 5.87. The SMILES string of the molecule is CCC12COC(c3ccc4cc(OC(C)(C)CC)ccc4c3)(OC1)OC2. The van der Waals surface area contributed by atoms with Crippen molar-refractivity contribution in [2.45, 2.75) is 52.1 Å². The summed E-state index contributed by atoms with van der Waals surface area (Å²) in [5.41, 5.74) is 0.756. The molecule has 0 atom stereocenters. The van der Waals surface area contributed by atoms with E-state index in [1.165, 1.54) is 0 Å². The summed E-state index contributed by atoms with van der Waals surface area (Å²) in [5.74, 6) is -0.160. The van der Waals surface area contributed by atoms with Gasteiger partial charge in [0.25, 0.3) is 0 Å². The highest BCUT2D eigenvalue weighted by molar-refractivity contribution is 5.84. The summed E-state index contributed by atoms with van der Waals surface area (Å²) in [4.78, 5) is 0. The smallest absolute Gasteiger partial charge is 0.312 e. The Bertz CT molecular complexity index is 786. The lowest BCUT2D eigenvalue weighted by molar-refractivity contribution is -0.480. The molecule has 2 bridgehead atoms. The molecule has 0 aliphatic carbocycles. The van der Waals surface area contributed by atoms with Crippen LogP contribution in [0, 0.1) is 5.41 Å². The second-order valence-corrected chi connectivity index (χ2v) is 8.21. The van der Waals surface area contributed by atoms with E-state index >= 15 is 0 Å². The lowest BCUT2D eigenvalue weighted by Crippen LogP contribution is -2.58. The van der Waals surface area contributed by atoms with Crippen LogP contribution in [0.2, 0.25) is 0 Å². The number of hydrogen-bond donors (Lipinski definition) is 0. The van der Waals surface area contributed by atoms with Crippen molar-refractivity contribution in [3.05, 3.63) is 42.0 Å². The number of benzene rings is 2.